The van der Waals surface area contributed by atoms with Crippen molar-refractivity contribution < 1.29 is 17.9 Å². The summed E-state index contributed by atoms with van der Waals surface area (Å²) < 4.78 is 32.6. The summed E-state index contributed by atoms with van der Waals surface area (Å²) in [5.74, 6) is -0.389. The number of ether oxygens (including phenoxy) is 1. The van der Waals surface area contributed by atoms with Gasteiger partial charge in [0.2, 0.25) is 0 Å². The maximum absolute atomic E-state index is 12.3. The summed E-state index contributed by atoms with van der Waals surface area (Å²) >= 11 is 1.28. The Morgan fingerprint density at radius 3 is 2.59 bits per heavy atom. The first-order chi connectivity index (χ1) is 15.4. The number of sulfonamides is 1. The molecule has 2 aromatic heterocycles. The summed E-state index contributed by atoms with van der Waals surface area (Å²) in [7, 11) is -3.72. The molecule has 0 aliphatic rings. The summed E-state index contributed by atoms with van der Waals surface area (Å²) in [6.07, 6.45) is 1.49. The molecular weight excluding hydrogens is 450 g/mol. The molecule has 2 aromatic carbocycles. The molecule has 162 valence electrons. The molecule has 0 saturated carbocycles. The minimum Gasteiger partial charge on any atom is -0.454 e. The van der Waals surface area contributed by atoms with Crippen LogP contribution in [0.4, 0.5) is 5.69 Å². The number of hydrogen-bond acceptors (Lipinski definition) is 7. The summed E-state index contributed by atoms with van der Waals surface area (Å²) in [6, 6.07) is 16.6. The van der Waals surface area contributed by atoms with Crippen molar-refractivity contribution in [2.75, 3.05) is 4.72 Å². The van der Waals surface area contributed by atoms with Gasteiger partial charge in [0.05, 0.1) is 16.5 Å². The molecule has 0 aliphatic carbocycles. The van der Waals surface area contributed by atoms with Crippen LogP contribution in [0, 0.1) is 0 Å². The summed E-state index contributed by atoms with van der Waals surface area (Å²) in [5.41, 5.74) is 1.54. The number of benzene rings is 2. The van der Waals surface area contributed by atoms with Gasteiger partial charge in [-0.1, -0.05) is 30.3 Å². The van der Waals surface area contributed by atoms with Crippen molar-refractivity contribution in [2.24, 2.45) is 0 Å². The normalized spacial score (nSPS) is 11.6. The lowest BCUT2D eigenvalue weighted by molar-refractivity contribution is 0.0462. The van der Waals surface area contributed by atoms with E-state index in [1.807, 2.05) is 18.2 Å². The van der Waals surface area contributed by atoms with Crippen molar-refractivity contribution in [3.05, 3.63) is 98.8 Å². The van der Waals surface area contributed by atoms with E-state index in [9.17, 15) is 18.0 Å². The van der Waals surface area contributed by atoms with Crippen LogP contribution < -0.4 is 10.3 Å². The lowest BCUT2D eigenvalue weighted by Crippen LogP contribution is -2.13. The van der Waals surface area contributed by atoms with Crippen molar-refractivity contribution >= 4 is 49.3 Å². The molecule has 2 N–H and O–H groups in total. The molecule has 0 radical (unpaired) electrons. The first-order valence-corrected chi connectivity index (χ1v) is 11.8. The number of carbonyl (C=O) groups excluding carboxylic acids is 1. The van der Waals surface area contributed by atoms with Gasteiger partial charge in [0.25, 0.3) is 15.6 Å². The number of carbonyl (C=O) groups is 1. The molecule has 0 atom stereocenters. The van der Waals surface area contributed by atoms with Crippen LogP contribution in [-0.4, -0.2) is 24.4 Å². The fourth-order valence-electron chi connectivity index (χ4n) is 2.81. The highest BCUT2D eigenvalue weighted by atomic mass is 32.2. The van der Waals surface area contributed by atoms with Crippen molar-refractivity contribution in [3.8, 4) is 0 Å². The number of rotatable bonds is 7. The number of hydrogen-bond donors (Lipinski definition) is 2. The zero-order valence-corrected chi connectivity index (χ0v) is 18.2. The van der Waals surface area contributed by atoms with Crippen LogP contribution in [0.2, 0.25) is 0 Å². The van der Waals surface area contributed by atoms with Crippen LogP contribution in [0.5, 0.6) is 0 Å². The van der Waals surface area contributed by atoms with Crippen molar-refractivity contribution in [1.82, 2.24) is 9.97 Å². The molecule has 0 aliphatic heterocycles. The largest absolute Gasteiger partial charge is 0.454 e. The predicted molar refractivity (Wildman–Crippen MR) is 124 cm³/mol. The Bertz CT molecular complexity index is 1440. The summed E-state index contributed by atoms with van der Waals surface area (Å²) in [5, 5.41) is 2.83. The number of aromatic nitrogens is 2. The number of H-pyrrole nitrogens is 1. The van der Waals surface area contributed by atoms with Crippen LogP contribution in [0.3, 0.4) is 0 Å². The molecule has 10 heteroatoms. The SMILES string of the molecule is O=C(OCc1nc2ccsc2c(=O)[nH]1)c1ccc(NS(=O)(=O)C=Cc2ccccc2)cc1. The highest BCUT2D eigenvalue weighted by Crippen LogP contribution is 2.16. The molecule has 0 fully saturated rings. The van der Waals surface area contributed by atoms with E-state index in [4.69, 9.17) is 4.74 Å². The van der Waals surface area contributed by atoms with Gasteiger partial charge in [0.15, 0.2) is 0 Å². The van der Waals surface area contributed by atoms with E-state index in [0.29, 0.717) is 15.9 Å². The minimum atomic E-state index is -3.72. The third-order valence-corrected chi connectivity index (χ3v) is 6.24. The second-order valence-electron chi connectivity index (χ2n) is 6.66. The van der Waals surface area contributed by atoms with Crippen LogP contribution >= 0.6 is 11.3 Å². The van der Waals surface area contributed by atoms with Crippen molar-refractivity contribution in [1.29, 1.82) is 0 Å². The zero-order valence-electron chi connectivity index (χ0n) is 16.5. The van der Waals surface area contributed by atoms with E-state index < -0.39 is 16.0 Å². The van der Waals surface area contributed by atoms with Crippen molar-refractivity contribution in [2.45, 2.75) is 6.61 Å². The highest BCUT2D eigenvalue weighted by Gasteiger charge is 2.11. The molecule has 0 bridgehead atoms. The molecule has 0 saturated heterocycles. The first kappa shape index (κ1) is 21.5. The third-order valence-electron chi connectivity index (χ3n) is 4.32. The number of fused-ring (bicyclic) bond motifs is 1. The monoisotopic (exact) mass is 467 g/mol. The van der Waals surface area contributed by atoms with Crippen molar-refractivity contribution in [3.63, 3.8) is 0 Å². The van der Waals surface area contributed by atoms with Gasteiger partial charge in [-0.3, -0.25) is 9.52 Å². The summed E-state index contributed by atoms with van der Waals surface area (Å²) in [4.78, 5) is 31.1. The molecular formula is C22H17N3O5S2. The predicted octanol–water partition coefficient (Wildman–Crippen LogP) is 3.75. The second-order valence-corrected chi connectivity index (χ2v) is 9.14. The highest BCUT2D eigenvalue weighted by molar-refractivity contribution is 7.95. The van der Waals surface area contributed by atoms with Gasteiger partial charge in [-0.2, -0.15) is 0 Å². The standard InChI is InChI=1S/C22H17N3O5S2/c26-21-20-18(10-12-31-20)23-19(24-21)14-30-22(27)16-6-8-17(9-7-16)25-32(28,29)13-11-15-4-2-1-3-5-15/h1-13,25H,14H2,(H,23,24,26). The third kappa shape index (κ3) is 5.29. The minimum absolute atomic E-state index is 0.196. The Kier molecular flexibility index (Phi) is 6.15. The fourth-order valence-corrected chi connectivity index (χ4v) is 4.41. The van der Waals surface area contributed by atoms with Gasteiger partial charge in [-0.25, -0.2) is 18.2 Å². The molecule has 0 spiro atoms. The Hall–Kier alpha value is -3.76. The molecule has 0 amide bonds. The molecule has 4 aromatic rings. The number of nitrogens with one attached hydrogen (secondary N) is 2. The zero-order chi connectivity index (χ0) is 22.6. The quantitative estimate of drug-likeness (QED) is 0.400. The molecule has 0 unspecified atom stereocenters. The maximum atomic E-state index is 12.3. The first-order valence-electron chi connectivity index (χ1n) is 9.39. The van der Waals surface area contributed by atoms with E-state index in [0.717, 1.165) is 11.0 Å². The van der Waals surface area contributed by atoms with Crippen LogP contribution in [0.15, 0.2) is 76.2 Å². The van der Waals surface area contributed by atoms with E-state index >= 15 is 0 Å². The number of esters is 1. The molecule has 4 rings (SSSR count). The summed E-state index contributed by atoms with van der Waals surface area (Å²) in [6.45, 7) is -0.196. The number of anilines is 1. The fraction of sp³-hybridized carbons (Fsp3) is 0.0455. The smallest absolute Gasteiger partial charge is 0.338 e. The Morgan fingerprint density at radius 2 is 1.84 bits per heavy atom. The Balaban J connectivity index is 1.37. The number of aromatic amines is 1. The Morgan fingerprint density at radius 1 is 1.09 bits per heavy atom. The van der Waals surface area contributed by atoms with Crippen LogP contribution in [-0.2, 0) is 21.4 Å². The number of thiophene rings is 1. The van der Waals surface area contributed by atoms with Gasteiger partial charge in [-0.05, 0) is 47.4 Å². The van der Waals surface area contributed by atoms with Gasteiger partial charge in [0, 0.05) is 5.69 Å². The van der Waals surface area contributed by atoms with E-state index in [1.54, 1.807) is 23.6 Å². The van der Waals surface area contributed by atoms with Gasteiger partial charge < -0.3 is 9.72 Å². The molecule has 2 heterocycles. The van der Waals surface area contributed by atoms with Gasteiger partial charge in [0.1, 0.15) is 17.1 Å². The van der Waals surface area contributed by atoms with Gasteiger partial charge in [-0.15, -0.1) is 11.3 Å². The lowest BCUT2D eigenvalue weighted by Gasteiger charge is -2.07. The molecule has 8 nitrogen and oxygen atoms in total. The topological polar surface area (TPSA) is 118 Å². The Labute approximate surface area is 187 Å². The second kappa shape index (κ2) is 9.16. The van der Waals surface area contributed by atoms with Crippen LogP contribution in [0.25, 0.3) is 16.3 Å². The van der Waals surface area contributed by atoms with Crippen LogP contribution in [0.1, 0.15) is 21.7 Å². The number of nitrogens with zero attached hydrogens (tertiary/aromatic N) is 1. The maximum Gasteiger partial charge on any atom is 0.338 e. The average Bonchev–Trinajstić information content (AvgIpc) is 3.27. The van der Waals surface area contributed by atoms with E-state index in [1.165, 1.54) is 41.7 Å². The average molecular weight is 468 g/mol. The van der Waals surface area contributed by atoms with E-state index in [2.05, 4.69) is 14.7 Å². The van der Waals surface area contributed by atoms with E-state index in [-0.39, 0.29) is 23.6 Å². The molecule has 32 heavy (non-hydrogen) atoms. The lowest BCUT2D eigenvalue weighted by atomic mass is 10.2. The van der Waals surface area contributed by atoms with Gasteiger partial charge >= 0.3 is 5.97 Å².